The fourth-order valence-corrected chi connectivity index (χ4v) is 6.54. The zero-order valence-electron chi connectivity index (χ0n) is 24.8. The molecule has 1 saturated heterocycles. The average Bonchev–Trinajstić information content (AvgIpc) is 3.47. The maximum absolute atomic E-state index is 15.1. The lowest BCUT2D eigenvalue weighted by Crippen LogP contribution is -2.68. The zero-order valence-corrected chi connectivity index (χ0v) is 25.6. The van der Waals surface area contributed by atoms with Gasteiger partial charge in [0.15, 0.2) is 10.8 Å². The van der Waals surface area contributed by atoms with Gasteiger partial charge in [0.25, 0.3) is 0 Å². The van der Waals surface area contributed by atoms with E-state index >= 15 is 13.2 Å². The minimum Gasteiger partial charge on any atom is -0.497 e. The van der Waals surface area contributed by atoms with Crippen molar-refractivity contribution in [1.29, 1.82) is 0 Å². The van der Waals surface area contributed by atoms with Crippen LogP contribution in [0.2, 0.25) is 0 Å². The summed E-state index contributed by atoms with van der Waals surface area (Å²) in [5, 5.41) is 12.3. The molecule has 1 fully saturated rings. The summed E-state index contributed by atoms with van der Waals surface area (Å²) in [4.78, 5) is 6.58. The van der Waals surface area contributed by atoms with Gasteiger partial charge < -0.3 is 29.0 Å². The maximum atomic E-state index is 15.1. The highest BCUT2D eigenvalue weighted by atomic mass is 32.2. The van der Waals surface area contributed by atoms with Crippen LogP contribution in [0.4, 0.5) is 13.2 Å². The Hall–Kier alpha value is -3.09. The molecule has 0 radical (unpaired) electrons. The number of fused-ring (bicyclic) bond motifs is 1. The van der Waals surface area contributed by atoms with Crippen LogP contribution in [0.25, 0.3) is 0 Å². The number of amidine groups is 1. The van der Waals surface area contributed by atoms with Gasteiger partial charge in [0.05, 0.1) is 20.3 Å². The summed E-state index contributed by atoms with van der Waals surface area (Å²) < 4.78 is 69.3. The van der Waals surface area contributed by atoms with E-state index in [-0.39, 0.29) is 19.6 Å². The Balaban J connectivity index is 1.51. The smallest absolute Gasteiger partial charge is 0.419 e. The van der Waals surface area contributed by atoms with E-state index in [4.69, 9.17) is 23.9 Å². The summed E-state index contributed by atoms with van der Waals surface area (Å²) in [5.41, 5.74) is -1.84. The quantitative estimate of drug-likeness (QED) is 0.285. The van der Waals surface area contributed by atoms with Crippen molar-refractivity contribution < 1.29 is 37.2 Å². The van der Waals surface area contributed by atoms with Crippen LogP contribution in [0.15, 0.2) is 89.9 Å². The van der Waals surface area contributed by atoms with Gasteiger partial charge in [-0.15, -0.1) is 0 Å². The number of thioether (sulfide) groups is 1. The Labute approximate surface area is 260 Å². The van der Waals surface area contributed by atoms with Crippen molar-refractivity contribution in [2.45, 2.75) is 67.6 Å². The van der Waals surface area contributed by atoms with E-state index in [9.17, 15) is 5.11 Å². The fourth-order valence-electron chi connectivity index (χ4n) is 5.40. The highest BCUT2D eigenvalue weighted by Gasteiger charge is 2.66. The normalized spacial score (nSPS) is 24.7. The molecule has 6 atom stereocenters. The second-order valence-electron chi connectivity index (χ2n) is 11.1. The molecule has 5 rings (SSSR count). The van der Waals surface area contributed by atoms with Gasteiger partial charge in [0.2, 0.25) is 0 Å². The van der Waals surface area contributed by atoms with Crippen molar-refractivity contribution in [2.24, 2.45) is 4.99 Å². The van der Waals surface area contributed by atoms with Crippen molar-refractivity contribution in [3.05, 3.63) is 102 Å². The van der Waals surface area contributed by atoms with E-state index in [0.29, 0.717) is 16.5 Å². The second-order valence-corrected chi connectivity index (χ2v) is 12.2. The van der Waals surface area contributed by atoms with Crippen molar-refractivity contribution in [3.8, 4) is 5.75 Å². The van der Waals surface area contributed by atoms with E-state index in [2.05, 4.69) is 0 Å². The van der Waals surface area contributed by atoms with Crippen LogP contribution in [0.1, 0.15) is 23.1 Å². The van der Waals surface area contributed by atoms with E-state index < -0.39 is 48.0 Å². The van der Waals surface area contributed by atoms with Gasteiger partial charge in [-0.25, -0.2) is 0 Å². The summed E-state index contributed by atoms with van der Waals surface area (Å²) in [6.07, 6.45) is -9.77. The van der Waals surface area contributed by atoms with Gasteiger partial charge in [0, 0.05) is 14.1 Å². The number of aliphatic hydroxyl groups is 1. The Morgan fingerprint density at radius 3 is 1.93 bits per heavy atom. The maximum Gasteiger partial charge on any atom is 0.419 e. The molecule has 6 unspecified atom stereocenters. The minimum absolute atomic E-state index is 0.00222. The third-order valence-electron chi connectivity index (χ3n) is 7.87. The molecule has 0 spiro atoms. The van der Waals surface area contributed by atoms with Crippen LogP contribution < -0.4 is 4.74 Å². The molecule has 3 aromatic rings. The van der Waals surface area contributed by atoms with Crippen LogP contribution >= 0.6 is 11.8 Å². The van der Waals surface area contributed by atoms with Gasteiger partial charge >= 0.3 is 6.18 Å². The van der Waals surface area contributed by atoms with Gasteiger partial charge in [0.1, 0.15) is 35.5 Å². The molecule has 0 saturated carbocycles. The van der Waals surface area contributed by atoms with E-state index in [1.165, 1.54) is 18.9 Å². The zero-order chi connectivity index (χ0) is 31.3. The number of nitrogens with zero attached hydrogens (tertiary/aromatic N) is 2. The lowest BCUT2D eigenvalue weighted by atomic mass is 9.81. The van der Waals surface area contributed by atoms with Crippen molar-refractivity contribution >= 4 is 16.9 Å². The van der Waals surface area contributed by atoms with Crippen LogP contribution in [0.3, 0.4) is 0 Å². The Morgan fingerprint density at radius 2 is 1.41 bits per heavy atom. The predicted molar refractivity (Wildman–Crippen MR) is 164 cm³/mol. The highest BCUT2D eigenvalue weighted by molar-refractivity contribution is 8.14. The number of halogens is 3. The number of methoxy groups -OCH3 is 1. The summed E-state index contributed by atoms with van der Waals surface area (Å²) in [6.45, 7) is 0.123. The molecular formula is C33H37F3N2O5S. The van der Waals surface area contributed by atoms with Crippen LogP contribution in [0, 0.1) is 0 Å². The van der Waals surface area contributed by atoms with Crippen LogP contribution in [-0.2, 0) is 33.8 Å². The second kappa shape index (κ2) is 13.9. The first-order chi connectivity index (χ1) is 21.1. The van der Waals surface area contributed by atoms with E-state index in [1.807, 2.05) is 74.8 Å². The lowest BCUT2D eigenvalue weighted by molar-refractivity contribution is -0.333. The Morgan fingerprint density at radius 1 is 0.841 bits per heavy atom. The van der Waals surface area contributed by atoms with Gasteiger partial charge in [-0.2, -0.15) is 13.2 Å². The molecule has 2 aliphatic heterocycles. The molecule has 3 aromatic carbocycles. The summed E-state index contributed by atoms with van der Waals surface area (Å²) in [6, 6.07) is 24.6. The number of aliphatic imine (C=N–C) groups is 1. The first kappa shape index (κ1) is 32.3. The number of ether oxygens (including phenoxy) is 4. The molecule has 11 heteroatoms. The molecule has 236 valence electrons. The van der Waals surface area contributed by atoms with Crippen LogP contribution in [0.5, 0.6) is 5.75 Å². The molecule has 2 heterocycles. The lowest BCUT2D eigenvalue weighted by Gasteiger charge is -2.49. The number of hydrogen-bond donors (Lipinski definition) is 1. The van der Waals surface area contributed by atoms with Crippen LogP contribution in [-0.4, -0.2) is 77.9 Å². The molecule has 0 aromatic heterocycles. The SMILES string of the molecule is COc1ccc(CCC(O)(C2OC3SC(N(C)C)=NC3C(OCc3ccccc3)C2OCc2ccccc2)C(F)(F)F)cc1. The van der Waals surface area contributed by atoms with Gasteiger partial charge in [-0.3, -0.25) is 4.99 Å². The highest BCUT2D eigenvalue weighted by Crippen LogP contribution is 2.47. The van der Waals surface area contributed by atoms with E-state index in [1.54, 1.807) is 29.2 Å². The number of hydrogen-bond acceptors (Lipinski definition) is 8. The third kappa shape index (κ3) is 7.24. The summed E-state index contributed by atoms with van der Waals surface area (Å²) in [7, 11) is 5.14. The topological polar surface area (TPSA) is 72.8 Å². The Kier molecular flexibility index (Phi) is 10.2. The standard InChI is InChI=1S/C33H37F3N2O5S/c1-38(2)31-37-26-27(41-20-23-10-6-4-7-11-23)28(42-21-24-12-8-5-9-13-24)29(43-30(26)44-31)32(39,33(34,35)36)19-18-22-14-16-25(40-3)17-15-22/h4-17,26-30,39H,18-21H2,1-3H3. The molecule has 7 nitrogen and oxygen atoms in total. The predicted octanol–water partition coefficient (Wildman–Crippen LogP) is 5.85. The summed E-state index contributed by atoms with van der Waals surface area (Å²) in [5.74, 6) is 0.587. The third-order valence-corrected chi connectivity index (χ3v) is 9.17. The molecular weight excluding hydrogens is 593 g/mol. The molecule has 44 heavy (non-hydrogen) atoms. The number of aryl methyl sites for hydroxylation is 1. The number of rotatable bonds is 11. The van der Waals surface area contributed by atoms with Crippen molar-refractivity contribution in [2.75, 3.05) is 21.2 Å². The van der Waals surface area contributed by atoms with Gasteiger partial charge in [-0.05, 0) is 41.7 Å². The monoisotopic (exact) mass is 630 g/mol. The Bertz CT molecular complexity index is 1380. The van der Waals surface area contributed by atoms with Crippen molar-refractivity contribution in [1.82, 2.24) is 4.90 Å². The minimum atomic E-state index is -5.04. The number of benzene rings is 3. The summed E-state index contributed by atoms with van der Waals surface area (Å²) >= 11 is 1.22. The largest absolute Gasteiger partial charge is 0.497 e. The van der Waals surface area contributed by atoms with E-state index in [0.717, 1.165) is 11.1 Å². The average molecular weight is 631 g/mol. The number of alkyl halides is 3. The first-order valence-corrected chi connectivity index (χ1v) is 15.3. The molecule has 0 bridgehead atoms. The van der Waals surface area contributed by atoms with Gasteiger partial charge in [-0.1, -0.05) is 84.6 Å². The first-order valence-electron chi connectivity index (χ1n) is 14.4. The molecule has 2 aliphatic rings. The molecule has 0 aliphatic carbocycles. The van der Waals surface area contributed by atoms with Crippen molar-refractivity contribution in [3.63, 3.8) is 0 Å². The molecule has 1 N–H and O–H groups in total. The molecule has 0 amide bonds. The fraction of sp³-hybridized carbons (Fsp3) is 0.424.